The number of nitrogens with one attached hydrogen (secondary N) is 2. The van der Waals surface area contributed by atoms with Gasteiger partial charge in [0.2, 0.25) is 10.0 Å². The van der Waals surface area contributed by atoms with Gasteiger partial charge in [-0.15, -0.1) is 13.2 Å². The predicted molar refractivity (Wildman–Crippen MR) is 90.7 cm³/mol. The number of hydrogen-bond donors (Lipinski definition) is 2. The van der Waals surface area contributed by atoms with Crippen molar-refractivity contribution in [3.05, 3.63) is 24.3 Å². The van der Waals surface area contributed by atoms with Gasteiger partial charge in [-0.3, -0.25) is 4.79 Å². The van der Waals surface area contributed by atoms with Crippen LogP contribution in [0.25, 0.3) is 0 Å². The maximum absolute atomic E-state index is 12.7. The predicted octanol–water partition coefficient (Wildman–Crippen LogP) is -0.001000. The Hall–Kier alpha value is -1.85. The fourth-order valence-corrected chi connectivity index (χ4v) is 4.36. The second kappa shape index (κ2) is 8.44. The van der Waals surface area contributed by atoms with E-state index in [4.69, 9.17) is 0 Å². The van der Waals surface area contributed by atoms with Gasteiger partial charge < -0.3 is 15.0 Å². The number of ether oxygens (including phenoxy) is 1. The van der Waals surface area contributed by atoms with Crippen molar-refractivity contribution in [1.29, 1.82) is 0 Å². The monoisotopic (exact) mass is 410 g/mol. The minimum atomic E-state index is -4.83. The Bertz CT molecular complexity index is 745. The average Bonchev–Trinajstić information content (AvgIpc) is 2.60. The summed E-state index contributed by atoms with van der Waals surface area (Å²) in [5, 5.41) is 2.75. The molecule has 1 fully saturated rings. The van der Waals surface area contributed by atoms with Crippen LogP contribution in [0.4, 0.5) is 13.2 Å². The number of likely N-dealkylation sites (N-methyl/N-ethyl adjacent to an activating group) is 1. The number of carbonyl (C=O) groups is 1. The number of quaternary nitrogens is 1. The van der Waals surface area contributed by atoms with E-state index in [0.717, 1.165) is 29.2 Å². The molecule has 0 spiro atoms. The fraction of sp³-hybridized carbons (Fsp3) is 0.562. The lowest BCUT2D eigenvalue weighted by Gasteiger charge is -2.34. The van der Waals surface area contributed by atoms with Gasteiger partial charge in [0.25, 0.3) is 5.91 Å². The minimum absolute atomic E-state index is 0.0796. The Morgan fingerprint density at radius 1 is 1.26 bits per heavy atom. The molecule has 11 heteroatoms. The molecule has 1 aliphatic rings. The van der Waals surface area contributed by atoms with Gasteiger partial charge in [0.1, 0.15) is 5.75 Å². The Kier molecular flexibility index (Phi) is 6.71. The van der Waals surface area contributed by atoms with Gasteiger partial charge in [0, 0.05) is 6.54 Å². The number of sulfonamides is 1. The summed E-state index contributed by atoms with van der Waals surface area (Å²) in [4.78, 5) is 12.8. The second-order valence-corrected chi connectivity index (χ2v) is 8.14. The van der Waals surface area contributed by atoms with Crippen LogP contribution in [0.5, 0.6) is 5.75 Å². The molecule has 1 saturated heterocycles. The van der Waals surface area contributed by atoms with Crippen LogP contribution in [0.15, 0.2) is 29.2 Å². The first kappa shape index (κ1) is 21.5. The molecule has 0 aromatic heterocycles. The van der Waals surface area contributed by atoms with Crippen molar-refractivity contribution in [2.75, 3.05) is 32.7 Å². The number of rotatable bonds is 6. The topological polar surface area (TPSA) is 80.2 Å². The van der Waals surface area contributed by atoms with Crippen LogP contribution in [0.3, 0.4) is 0 Å². The lowest BCUT2D eigenvalue weighted by Crippen LogP contribution is -3.19. The third-order valence-electron chi connectivity index (χ3n) is 4.42. The highest BCUT2D eigenvalue weighted by Crippen LogP contribution is 2.25. The summed E-state index contributed by atoms with van der Waals surface area (Å²) in [5.74, 6) is -0.560. The summed E-state index contributed by atoms with van der Waals surface area (Å²) in [6.07, 6.45) is -4.83. The van der Waals surface area contributed by atoms with E-state index in [0.29, 0.717) is 19.6 Å². The van der Waals surface area contributed by atoms with Gasteiger partial charge in [-0.2, -0.15) is 4.31 Å². The Balaban J connectivity index is 2.01. The molecule has 152 valence electrons. The number of benzene rings is 1. The van der Waals surface area contributed by atoms with Gasteiger partial charge in [-0.05, 0) is 38.1 Å². The minimum Gasteiger partial charge on any atom is -0.406 e. The highest BCUT2D eigenvalue weighted by Gasteiger charge is 2.35. The molecule has 1 atom stereocenters. The normalized spacial score (nSPS) is 18.1. The number of hydrogen-bond acceptors (Lipinski definition) is 4. The van der Waals surface area contributed by atoms with E-state index in [2.05, 4.69) is 10.1 Å². The van der Waals surface area contributed by atoms with Crippen LogP contribution in [-0.4, -0.2) is 63.8 Å². The maximum atomic E-state index is 12.7. The number of carbonyl (C=O) groups excluding carboxylic acids is 1. The molecule has 2 rings (SSSR count). The molecule has 1 heterocycles. The van der Waals surface area contributed by atoms with E-state index in [1.807, 2.05) is 6.92 Å². The summed E-state index contributed by atoms with van der Waals surface area (Å²) in [6.45, 7) is 5.54. The van der Waals surface area contributed by atoms with Crippen LogP contribution in [0, 0.1) is 0 Å². The molecule has 27 heavy (non-hydrogen) atoms. The van der Waals surface area contributed by atoms with Crippen LogP contribution in [0.2, 0.25) is 0 Å². The van der Waals surface area contributed by atoms with Crippen molar-refractivity contribution in [3.63, 3.8) is 0 Å². The smallest absolute Gasteiger partial charge is 0.406 e. The summed E-state index contributed by atoms with van der Waals surface area (Å²) in [7, 11) is -3.82. The molecule has 1 aromatic carbocycles. The molecule has 1 amide bonds. The van der Waals surface area contributed by atoms with Crippen molar-refractivity contribution < 1.29 is 36.0 Å². The fourth-order valence-electron chi connectivity index (χ4n) is 2.92. The van der Waals surface area contributed by atoms with E-state index in [9.17, 15) is 26.4 Å². The molecule has 7 nitrogen and oxygen atoms in total. The molecular formula is C16H23F3N3O4S+. The first-order chi connectivity index (χ1) is 12.5. The van der Waals surface area contributed by atoms with E-state index in [-0.39, 0.29) is 29.9 Å². The summed E-state index contributed by atoms with van der Waals surface area (Å²) in [5.41, 5.74) is 0. The number of halogens is 3. The number of nitrogens with zero attached hydrogens (tertiary/aromatic N) is 1. The Labute approximate surface area is 156 Å². The highest BCUT2D eigenvalue weighted by molar-refractivity contribution is 7.89. The van der Waals surface area contributed by atoms with Crippen molar-refractivity contribution >= 4 is 15.9 Å². The zero-order chi connectivity index (χ0) is 20.2. The molecule has 0 saturated carbocycles. The standard InChI is InChI=1S/C16H22F3N3O4S/c1-3-20-15(23)12(2)21-8-10-22(11-9-21)27(24,25)14-6-4-13(5-7-14)26-16(17,18)19/h4-7,12H,3,8-11H2,1-2H3,(H,20,23)/p+1/t12-/m1/s1. The highest BCUT2D eigenvalue weighted by atomic mass is 32.2. The zero-order valence-electron chi connectivity index (χ0n) is 15.0. The zero-order valence-corrected chi connectivity index (χ0v) is 15.9. The molecule has 2 N–H and O–H groups in total. The second-order valence-electron chi connectivity index (χ2n) is 6.20. The average molecular weight is 410 g/mol. The van der Waals surface area contributed by atoms with Crippen LogP contribution >= 0.6 is 0 Å². The lowest BCUT2D eigenvalue weighted by atomic mass is 10.2. The first-order valence-corrected chi connectivity index (χ1v) is 9.97. The van der Waals surface area contributed by atoms with Gasteiger partial charge in [-0.25, -0.2) is 8.42 Å². The third kappa shape index (κ3) is 5.56. The van der Waals surface area contributed by atoms with Gasteiger partial charge in [0.05, 0.1) is 31.1 Å². The quantitative estimate of drug-likeness (QED) is 0.692. The summed E-state index contributed by atoms with van der Waals surface area (Å²) in [6, 6.07) is 3.84. The molecule has 1 aromatic rings. The molecule has 0 aliphatic carbocycles. The largest absolute Gasteiger partial charge is 0.573 e. The third-order valence-corrected chi connectivity index (χ3v) is 6.33. The van der Waals surface area contributed by atoms with Crippen LogP contribution < -0.4 is 15.0 Å². The number of amides is 1. The van der Waals surface area contributed by atoms with E-state index in [1.165, 1.54) is 4.31 Å². The summed E-state index contributed by atoms with van der Waals surface area (Å²) < 4.78 is 67.0. The van der Waals surface area contributed by atoms with Crippen LogP contribution in [0.1, 0.15) is 13.8 Å². The van der Waals surface area contributed by atoms with Gasteiger partial charge in [0.15, 0.2) is 6.04 Å². The maximum Gasteiger partial charge on any atom is 0.573 e. The van der Waals surface area contributed by atoms with E-state index in [1.54, 1.807) is 6.92 Å². The molecule has 0 unspecified atom stereocenters. The van der Waals surface area contributed by atoms with Crippen LogP contribution in [-0.2, 0) is 14.8 Å². The Morgan fingerprint density at radius 3 is 2.30 bits per heavy atom. The Morgan fingerprint density at radius 2 is 1.81 bits per heavy atom. The van der Waals surface area contributed by atoms with Crippen molar-refractivity contribution in [2.24, 2.45) is 0 Å². The van der Waals surface area contributed by atoms with E-state index >= 15 is 0 Å². The number of piperazine rings is 1. The van der Waals surface area contributed by atoms with Gasteiger partial charge >= 0.3 is 6.36 Å². The molecule has 0 radical (unpaired) electrons. The van der Waals surface area contributed by atoms with Crippen molar-refractivity contribution in [1.82, 2.24) is 9.62 Å². The SMILES string of the molecule is CCNC(=O)[C@@H](C)[NH+]1CCN(S(=O)(=O)c2ccc(OC(F)(F)F)cc2)CC1. The van der Waals surface area contributed by atoms with Gasteiger partial charge in [-0.1, -0.05) is 0 Å². The lowest BCUT2D eigenvalue weighted by molar-refractivity contribution is -0.917. The van der Waals surface area contributed by atoms with Crippen molar-refractivity contribution in [3.8, 4) is 5.75 Å². The number of alkyl halides is 3. The molecule has 1 aliphatic heterocycles. The first-order valence-electron chi connectivity index (χ1n) is 8.53. The molecule has 0 bridgehead atoms. The van der Waals surface area contributed by atoms with E-state index < -0.39 is 22.1 Å². The van der Waals surface area contributed by atoms with Crippen molar-refractivity contribution in [2.45, 2.75) is 31.1 Å². The summed E-state index contributed by atoms with van der Waals surface area (Å²) >= 11 is 0. The molecular weight excluding hydrogens is 387 g/mol.